The number of alkyl halides is 3. The molecule has 0 aromatic heterocycles. The van der Waals surface area contributed by atoms with Crippen molar-refractivity contribution in [2.45, 2.75) is 20.0 Å². The van der Waals surface area contributed by atoms with Crippen molar-refractivity contribution in [2.24, 2.45) is 15.9 Å². The van der Waals surface area contributed by atoms with Crippen LogP contribution < -0.4 is 0 Å². The van der Waals surface area contributed by atoms with Gasteiger partial charge in [0.15, 0.2) is 0 Å². The van der Waals surface area contributed by atoms with Gasteiger partial charge >= 0.3 is 6.18 Å². The Morgan fingerprint density at radius 2 is 1.86 bits per heavy atom. The zero-order valence-electron chi connectivity index (χ0n) is 8.39. The van der Waals surface area contributed by atoms with Crippen LogP contribution in [0.1, 0.15) is 13.8 Å². The number of amidine groups is 1. The fourth-order valence-electron chi connectivity index (χ4n) is 0.551. The molecule has 0 bridgehead atoms. The Hall–Kier alpha value is -1.13. The topological polar surface area (TPSA) is 24.7 Å². The Morgan fingerprint density at radius 1 is 1.36 bits per heavy atom. The van der Waals surface area contributed by atoms with Gasteiger partial charge in [0.25, 0.3) is 0 Å². The SMILES string of the molecule is C=C(C=NC(=NC)C(F)(F)F)C(C)C. The van der Waals surface area contributed by atoms with Crippen LogP contribution in [0.25, 0.3) is 0 Å². The van der Waals surface area contributed by atoms with Gasteiger partial charge in [-0.3, -0.25) is 4.99 Å². The van der Waals surface area contributed by atoms with E-state index >= 15 is 0 Å². The van der Waals surface area contributed by atoms with Gasteiger partial charge in [0.2, 0.25) is 5.84 Å². The van der Waals surface area contributed by atoms with E-state index in [1.54, 1.807) is 0 Å². The van der Waals surface area contributed by atoms with E-state index in [-0.39, 0.29) is 5.92 Å². The lowest BCUT2D eigenvalue weighted by Gasteiger charge is -2.05. The summed E-state index contributed by atoms with van der Waals surface area (Å²) in [6, 6.07) is 0. The maximum atomic E-state index is 12.1. The van der Waals surface area contributed by atoms with Gasteiger partial charge in [-0.1, -0.05) is 20.4 Å². The molecule has 0 aliphatic rings. The lowest BCUT2D eigenvalue weighted by molar-refractivity contribution is -0.0597. The monoisotopic (exact) mass is 206 g/mol. The largest absolute Gasteiger partial charge is 0.451 e. The van der Waals surface area contributed by atoms with E-state index in [0.717, 1.165) is 13.3 Å². The number of rotatable bonds is 2. The van der Waals surface area contributed by atoms with Crippen LogP contribution in [-0.4, -0.2) is 25.3 Å². The average Bonchev–Trinajstić information content (AvgIpc) is 2.02. The molecule has 0 aliphatic carbocycles. The van der Waals surface area contributed by atoms with Crippen LogP contribution >= 0.6 is 0 Å². The molecular formula is C9H13F3N2. The maximum Gasteiger partial charge on any atom is 0.451 e. The summed E-state index contributed by atoms with van der Waals surface area (Å²) in [6.07, 6.45) is -3.40. The van der Waals surface area contributed by atoms with Gasteiger partial charge in [-0.15, -0.1) is 0 Å². The first kappa shape index (κ1) is 12.9. The van der Waals surface area contributed by atoms with Crippen LogP contribution in [0.4, 0.5) is 13.2 Å². The third kappa shape index (κ3) is 4.20. The molecule has 0 heterocycles. The highest BCUT2D eigenvalue weighted by Crippen LogP contribution is 2.18. The van der Waals surface area contributed by atoms with Gasteiger partial charge in [-0.25, -0.2) is 4.99 Å². The molecule has 0 spiro atoms. The van der Waals surface area contributed by atoms with Crippen molar-refractivity contribution in [3.8, 4) is 0 Å². The fraction of sp³-hybridized carbons (Fsp3) is 0.556. The van der Waals surface area contributed by atoms with Gasteiger partial charge in [0, 0.05) is 13.3 Å². The molecule has 0 atom stereocenters. The van der Waals surface area contributed by atoms with E-state index in [2.05, 4.69) is 16.6 Å². The van der Waals surface area contributed by atoms with Crippen LogP contribution in [0.15, 0.2) is 22.1 Å². The first-order valence-corrected chi connectivity index (χ1v) is 4.06. The Kier molecular flexibility index (Phi) is 4.53. The number of allylic oxidation sites excluding steroid dienone is 1. The Bertz CT molecular complexity index is 262. The second-order valence-corrected chi connectivity index (χ2v) is 3.03. The second-order valence-electron chi connectivity index (χ2n) is 3.03. The van der Waals surface area contributed by atoms with Crippen molar-refractivity contribution in [2.75, 3.05) is 7.05 Å². The molecule has 0 fully saturated rings. The quantitative estimate of drug-likeness (QED) is 0.490. The second kappa shape index (κ2) is 4.93. The van der Waals surface area contributed by atoms with E-state index in [1.165, 1.54) is 0 Å². The minimum absolute atomic E-state index is 0.0742. The molecule has 0 aliphatic heterocycles. The standard InChI is InChI=1S/C9H13F3N2/c1-6(2)7(3)5-14-8(13-4)9(10,11)12/h5-6H,3H2,1-2,4H3. The third-order valence-electron chi connectivity index (χ3n) is 1.56. The summed E-state index contributed by atoms with van der Waals surface area (Å²) in [5, 5.41) is 0. The van der Waals surface area contributed by atoms with Crippen LogP contribution in [0.5, 0.6) is 0 Å². The number of hydrogen-bond acceptors (Lipinski definition) is 1. The van der Waals surface area contributed by atoms with Crippen LogP contribution in [0, 0.1) is 5.92 Å². The lowest BCUT2D eigenvalue weighted by Crippen LogP contribution is -2.21. The summed E-state index contributed by atoms with van der Waals surface area (Å²) in [7, 11) is 1.05. The molecule has 14 heavy (non-hydrogen) atoms. The van der Waals surface area contributed by atoms with Crippen LogP contribution in [0.2, 0.25) is 0 Å². The summed E-state index contributed by atoms with van der Waals surface area (Å²) >= 11 is 0. The maximum absolute atomic E-state index is 12.1. The summed E-state index contributed by atoms with van der Waals surface area (Å²) in [4.78, 5) is 6.28. The molecule has 2 nitrogen and oxygen atoms in total. The lowest BCUT2D eigenvalue weighted by atomic mass is 10.1. The molecule has 0 unspecified atom stereocenters. The molecule has 80 valence electrons. The van der Waals surface area contributed by atoms with Gasteiger partial charge in [-0.05, 0) is 11.5 Å². The van der Waals surface area contributed by atoms with Crippen molar-refractivity contribution < 1.29 is 13.2 Å². The molecule has 0 aromatic carbocycles. The summed E-state index contributed by atoms with van der Waals surface area (Å²) in [5.74, 6) is -1.07. The Morgan fingerprint density at radius 3 is 2.14 bits per heavy atom. The molecule has 0 saturated heterocycles. The zero-order chi connectivity index (χ0) is 11.4. The van der Waals surface area contributed by atoms with Crippen molar-refractivity contribution >= 4 is 12.1 Å². The zero-order valence-corrected chi connectivity index (χ0v) is 8.39. The highest BCUT2D eigenvalue weighted by atomic mass is 19.4. The van der Waals surface area contributed by atoms with Crippen molar-refractivity contribution in [1.82, 2.24) is 0 Å². The molecule has 0 saturated carbocycles. The first-order valence-electron chi connectivity index (χ1n) is 4.06. The highest BCUT2D eigenvalue weighted by Gasteiger charge is 2.35. The average molecular weight is 206 g/mol. The Balaban J connectivity index is 4.59. The smallest absolute Gasteiger partial charge is 0.266 e. The molecular weight excluding hydrogens is 193 g/mol. The van der Waals surface area contributed by atoms with E-state index in [1.807, 2.05) is 13.8 Å². The van der Waals surface area contributed by atoms with E-state index < -0.39 is 12.0 Å². The minimum Gasteiger partial charge on any atom is -0.266 e. The fourth-order valence-corrected chi connectivity index (χ4v) is 0.551. The van der Waals surface area contributed by atoms with Gasteiger partial charge in [0.05, 0.1) is 0 Å². The predicted molar refractivity (Wildman–Crippen MR) is 51.9 cm³/mol. The van der Waals surface area contributed by atoms with Gasteiger partial charge in [0.1, 0.15) is 0 Å². The molecule has 0 N–H and O–H groups in total. The van der Waals surface area contributed by atoms with Crippen molar-refractivity contribution in [3.63, 3.8) is 0 Å². The number of halogens is 3. The minimum atomic E-state index is -4.50. The number of nitrogens with zero attached hydrogens (tertiary/aromatic N) is 2. The van der Waals surface area contributed by atoms with E-state index in [4.69, 9.17) is 0 Å². The number of hydrogen-bond donors (Lipinski definition) is 0. The molecule has 0 amide bonds. The molecule has 5 heteroatoms. The van der Waals surface area contributed by atoms with Crippen molar-refractivity contribution in [1.29, 1.82) is 0 Å². The highest BCUT2D eigenvalue weighted by molar-refractivity contribution is 5.97. The van der Waals surface area contributed by atoms with Gasteiger partial charge in [-0.2, -0.15) is 13.2 Å². The molecule has 0 rings (SSSR count). The first-order chi connectivity index (χ1) is 6.29. The normalized spacial score (nSPS) is 14.1. The summed E-state index contributed by atoms with van der Waals surface area (Å²) in [6.45, 7) is 7.22. The van der Waals surface area contributed by atoms with Crippen molar-refractivity contribution in [3.05, 3.63) is 12.2 Å². The Labute approximate surface area is 81.3 Å². The summed E-state index contributed by atoms with van der Waals surface area (Å²) < 4.78 is 36.3. The van der Waals surface area contributed by atoms with Crippen LogP contribution in [0.3, 0.4) is 0 Å². The molecule has 0 radical (unpaired) electrons. The number of aliphatic imine (C=N–C) groups is 2. The van der Waals surface area contributed by atoms with E-state index in [9.17, 15) is 13.2 Å². The third-order valence-corrected chi connectivity index (χ3v) is 1.56. The molecule has 0 aromatic rings. The van der Waals surface area contributed by atoms with Crippen LogP contribution in [-0.2, 0) is 0 Å². The summed E-state index contributed by atoms with van der Waals surface area (Å²) in [5.41, 5.74) is 0.537. The predicted octanol–water partition coefficient (Wildman–Crippen LogP) is 2.86. The van der Waals surface area contributed by atoms with Gasteiger partial charge < -0.3 is 0 Å². The van der Waals surface area contributed by atoms with E-state index in [0.29, 0.717) is 5.57 Å².